The zero-order valence-electron chi connectivity index (χ0n) is 16.4. The average molecular weight is 386 g/mol. The van der Waals surface area contributed by atoms with Gasteiger partial charge in [-0.25, -0.2) is 4.98 Å². The van der Waals surface area contributed by atoms with Gasteiger partial charge in [-0.3, -0.25) is 4.79 Å². The van der Waals surface area contributed by atoms with Crippen LogP contribution in [-0.2, 0) is 12.5 Å². The van der Waals surface area contributed by atoms with E-state index >= 15 is 0 Å². The lowest BCUT2D eigenvalue weighted by Crippen LogP contribution is -2.43. The van der Waals surface area contributed by atoms with Gasteiger partial charge in [-0.2, -0.15) is 0 Å². The van der Waals surface area contributed by atoms with E-state index in [0.717, 1.165) is 29.9 Å². The van der Waals surface area contributed by atoms with Crippen LogP contribution in [0.25, 0.3) is 16.9 Å². The average Bonchev–Trinajstić information content (AvgIpc) is 3.31. The van der Waals surface area contributed by atoms with Gasteiger partial charge < -0.3 is 14.7 Å². The van der Waals surface area contributed by atoms with Crippen LogP contribution in [0.5, 0.6) is 0 Å². The molecular formula is C22H22N6O. The summed E-state index contributed by atoms with van der Waals surface area (Å²) < 4.78 is 3.86. The molecule has 7 heteroatoms. The van der Waals surface area contributed by atoms with Gasteiger partial charge in [0.15, 0.2) is 0 Å². The fraction of sp³-hybridized carbons (Fsp3) is 0.273. The Morgan fingerprint density at radius 1 is 1.24 bits per heavy atom. The molecule has 1 saturated carbocycles. The molecule has 1 fully saturated rings. The first kappa shape index (κ1) is 17.6. The number of aryl methyl sites for hydroxylation is 1. The SMILES string of the molecule is CC1CC(c2cccc(-c3cn4cccc(C(N)=O)c4n3)c2)(c2nncn2C)C1. The summed E-state index contributed by atoms with van der Waals surface area (Å²) in [5, 5.41) is 8.54. The number of hydrogen-bond donors (Lipinski definition) is 1. The van der Waals surface area contributed by atoms with Crippen LogP contribution in [0.15, 0.2) is 55.1 Å². The number of fused-ring (bicyclic) bond motifs is 1. The van der Waals surface area contributed by atoms with E-state index in [1.54, 1.807) is 18.5 Å². The van der Waals surface area contributed by atoms with Crippen molar-refractivity contribution in [1.82, 2.24) is 24.1 Å². The van der Waals surface area contributed by atoms with Crippen molar-refractivity contribution in [3.05, 3.63) is 72.1 Å². The number of nitrogens with two attached hydrogens (primary N) is 1. The number of carbonyl (C=O) groups is 1. The van der Waals surface area contributed by atoms with Gasteiger partial charge in [0.25, 0.3) is 5.91 Å². The molecule has 2 N–H and O–H groups in total. The van der Waals surface area contributed by atoms with Crippen LogP contribution in [0.3, 0.4) is 0 Å². The van der Waals surface area contributed by atoms with Crippen LogP contribution >= 0.6 is 0 Å². The van der Waals surface area contributed by atoms with E-state index in [9.17, 15) is 4.79 Å². The molecule has 5 rings (SSSR count). The molecule has 146 valence electrons. The van der Waals surface area contributed by atoms with E-state index in [4.69, 9.17) is 10.7 Å². The van der Waals surface area contributed by atoms with Crippen LogP contribution in [0.4, 0.5) is 0 Å². The standard InChI is InChI=1S/C22H22N6O/c1-14-10-22(11-14,21-26-24-13-27(21)2)16-6-3-5-15(9-16)18-12-28-8-4-7-17(19(23)29)20(28)25-18/h3-9,12-14H,10-11H2,1-2H3,(H2,23,29). The normalized spacial score (nSPS) is 21.2. The smallest absolute Gasteiger partial charge is 0.252 e. The molecule has 4 aromatic rings. The third-order valence-corrected chi connectivity index (χ3v) is 5.99. The number of imidazole rings is 1. The molecule has 29 heavy (non-hydrogen) atoms. The second-order valence-corrected chi connectivity index (χ2v) is 8.08. The predicted molar refractivity (Wildman–Crippen MR) is 109 cm³/mol. The highest BCUT2D eigenvalue weighted by atomic mass is 16.1. The molecule has 0 atom stereocenters. The second-order valence-electron chi connectivity index (χ2n) is 8.08. The highest BCUT2D eigenvalue weighted by molar-refractivity contribution is 5.98. The number of rotatable bonds is 4. The van der Waals surface area contributed by atoms with E-state index in [-0.39, 0.29) is 5.41 Å². The Hall–Kier alpha value is -3.48. The maximum absolute atomic E-state index is 11.7. The third kappa shape index (κ3) is 2.65. The summed E-state index contributed by atoms with van der Waals surface area (Å²) in [6, 6.07) is 11.9. The van der Waals surface area contributed by atoms with E-state index < -0.39 is 5.91 Å². The van der Waals surface area contributed by atoms with Gasteiger partial charge in [-0.05, 0) is 42.5 Å². The quantitative estimate of drug-likeness (QED) is 0.584. The van der Waals surface area contributed by atoms with Crippen molar-refractivity contribution in [3.8, 4) is 11.3 Å². The molecule has 0 radical (unpaired) electrons. The van der Waals surface area contributed by atoms with Crippen LogP contribution in [0.2, 0.25) is 0 Å². The fourth-order valence-corrected chi connectivity index (χ4v) is 4.71. The van der Waals surface area contributed by atoms with Gasteiger partial charge in [-0.15, -0.1) is 10.2 Å². The van der Waals surface area contributed by atoms with Gasteiger partial charge in [0.05, 0.1) is 16.7 Å². The molecule has 0 saturated heterocycles. The van der Waals surface area contributed by atoms with Crippen molar-refractivity contribution < 1.29 is 4.79 Å². The molecule has 0 aliphatic heterocycles. The summed E-state index contributed by atoms with van der Waals surface area (Å²) in [7, 11) is 2.00. The predicted octanol–water partition coefficient (Wildman–Crippen LogP) is 2.94. The first-order valence-corrected chi connectivity index (χ1v) is 9.71. The topological polar surface area (TPSA) is 91.1 Å². The van der Waals surface area contributed by atoms with Crippen LogP contribution in [0, 0.1) is 5.92 Å². The zero-order valence-corrected chi connectivity index (χ0v) is 16.4. The van der Waals surface area contributed by atoms with Gasteiger partial charge >= 0.3 is 0 Å². The van der Waals surface area contributed by atoms with E-state index in [1.807, 2.05) is 34.5 Å². The molecule has 1 aliphatic rings. The third-order valence-electron chi connectivity index (χ3n) is 5.99. The summed E-state index contributed by atoms with van der Waals surface area (Å²) in [5.41, 5.74) is 9.39. The van der Waals surface area contributed by atoms with Crippen LogP contribution in [0.1, 0.15) is 41.5 Å². The van der Waals surface area contributed by atoms with Crippen molar-refractivity contribution in [3.63, 3.8) is 0 Å². The van der Waals surface area contributed by atoms with Crippen LogP contribution in [-0.4, -0.2) is 30.1 Å². The van der Waals surface area contributed by atoms with Gasteiger partial charge in [-0.1, -0.05) is 25.1 Å². The number of benzene rings is 1. The summed E-state index contributed by atoms with van der Waals surface area (Å²) in [6.07, 6.45) is 7.65. The number of pyridine rings is 1. The number of hydrogen-bond acceptors (Lipinski definition) is 4. The molecular weight excluding hydrogens is 364 g/mol. The van der Waals surface area contributed by atoms with E-state index in [2.05, 4.69) is 35.3 Å². The molecule has 0 bridgehead atoms. The first-order chi connectivity index (χ1) is 14.0. The second kappa shape index (κ2) is 6.27. The number of primary amides is 1. The highest BCUT2D eigenvalue weighted by Gasteiger charge is 2.48. The molecule has 1 amide bonds. The number of aromatic nitrogens is 5. The lowest BCUT2D eigenvalue weighted by molar-refractivity contribution is 0.100. The number of amides is 1. The van der Waals surface area contributed by atoms with Crippen molar-refractivity contribution in [2.45, 2.75) is 25.2 Å². The largest absolute Gasteiger partial charge is 0.365 e. The van der Waals surface area contributed by atoms with E-state index in [1.165, 1.54) is 5.56 Å². The van der Waals surface area contributed by atoms with E-state index in [0.29, 0.717) is 17.1 Å². The Kier molecular flexibility index (Phi) is 3.81. The number of nitrogens with zero attached hydrogens (tertiary/aromatic N) is 5. The summed E-state index contributed by atoms with van der Waals surface area (Å²) >= 11 is 0. The molecule has 3 heterocycles. The first-order valence-electron chi connectivity index (χ1n) is 9.71. The Morgan fingerprint density at radius 3 is 2.76 bits per heavy atom. The fourth-order valence-electron chi connectivity index (χ4n) is 4.71. The maximum Gasteiger partial charge on any atom is 0.252 e. The zero-order chi connectivity index (χ0) is 20.2. The van der Waals surface area contributed by atoms with Crippen molar-refractivity contribution in [2.75, 3.05) is 0 Å². The Bertz CT molecular complexity index is 1230. The lowest BCUT2D eigenvalue weighted by atomic mass is 9.58. The van der Waals surface area contributed by atoms with Crippen molar-refractivity contribution >= 4 is 11.6 Å². The molecule has 7 nitrogen and oxygen atoms in total. The molecule has 3 aromatic heterocycles. The minimum atomic E-state index is -0.480. The maximum atomic E-state index is 11.7. The van der Waals surface area contributed by atoms with Crippen LogP contribution < -0.4 is 5.73 Å². The minimum absolute atomic E-state index is 0.127. The minimum Gasteiger partial charge on any atom is -0.365 e. The Balaban J connectivity index is 1.62. The van der Waals surface area contributed by atoms with Gasteiger partial charge in [0.1, 0.15) is 17.8 Å². The molecule has 0 spiro atoms. The molecule has 0 unspecified atom stereocenters. The summed E-state index contributed by atoms with van der Waals surface area (Å²) in [6.45, 7) is 2.27. The monoisotopic (exact) mass is 386 g/mol. The summed E-state index contributed by atoms with van der Waals surface area (Å²) in [4.78, 5) is 16.4. The Morgan fingerprint density at radius 2 is 2.07 bits per heavy atom. The van der Waals surface area contributed by atoms with Gasteiger partial charge in [0.2, 0.25) is 0 Å². The highest BCUT2D eigenvalue weighted by Crippen LogP contribution is 2.51. The summed E-state index contributed by atoms with van der Waals surface area (Å²) in [5.74, 6) is 1.16. The lowest BCUT2D eigenvalue weighted by Gasteiger charge is -2.46. The Labute approximate surface area is 168 Å². The molecule has 1 aliphatic carbocycles. The van der Waals surface area contributed by atoms with Crippen molar-refractivity contribution in [1.29, 1.82) is 0 Å². The van der Waals surface area contributed by atoms with Gasteiger partial charge in [0, 0.05) is 25.0 Å². The number of carbonyl (C=O) groups excluding carboxylic acids is 1. The van der Waals surface area contributed by atoms with Crippen molar-refractivity contribution in [2.24, 2.45) is 18.7 Å². The molecule has 1 aromatic carbocycles.